The minimum atomic E-state index is -0.631. The molecule has 0 atom stereocenters. The highest BCUT2D eigenvalue weighted by Gasteiger charge is 2.32. The lowest BCUT2D eigenvalue weighted by Crippen LogP contribution is -2.26. The van der Waals surface area contributed by atoms with E-state index in [1.807, 2.05) is 0 Å². The topological polar surface area (TPSA) is 63.2 Å². The highest BCUT2D eigenvalue weighted by molar-refractivity contribution is 5.93. The Hall–Kier alpha value is -1.95. The maximum Gasteiger partial charge on any atom is 0.376 e. The van der Waals surface area contributed by atoms with Crippen molar-refractivity contribution in [3.05, 3.63) is 23.8 Å². The molecule has 0 amide bonds. The van der Waals surface area contributed by atoms with Gasteiger partial charge in [0.15, 0.2) is 11.5 Å². The van der Waals surface area contributed by atoms with Crippen LogP contribution in [0.4, 0.5) is 0 Å². The van der Waals surface area contributed by atoms with Crippen molar-refractivity contribution < 1.29 is 28.8 Å². The summed E-state index contributed by atoms with van der Waals surface area (Å²) in [6.07, 6.45) is 4.49. The number of ether oxygens (including phenoxy) is 3. The zero-order valence-corrected chi connectivity index (χ0v) is 16.5. The summed E-state index contributed by atoms with van der Waals surface area (Å²) in [6.45, 7) is 6.77. The smallest absolute Gasteiger partial charge is 0.376 e. The zero-order valence-electron chi connectivity index (χ0n) is 16.5. The molecule has 0 unspecified atom stereocenters. The Balaban J connectivity index is 1.98. The lowest BCUT2D eigenvalue weighted by Gasteiger charge is -2.35. The van der Waals surface area contributed by atoms with Gasteiger partial charge in [-0.15, -0.1) is 0 Å². The van der Waals surface area contributed by atoms with Crippen molar-refractivity contribution in [2.24, 2.45) is 11.3 Å². The number of hydrogen-bond donors (Lipinski definition) is 0. The molecule has 1 aromatic carbocycles. The number of methoxy groups -OCH3 is 3. The molecule has 0 spiro atoms. The van der Waals surface area contributed by atoms with E-state index < -0.39 is 5.97 Å². The second-order valence-electron chi connectivity index (χ2n) is 7.54. The first-order valence-electron chi connectivity index (χ1n) is 8.83. The zero-order chi connectivity index (χ0) is 19.3. The van der Waals surface area contributed by atoms with E-state index in [1.54, 1.807) is 6.07 Å². The van der Waals surface area contributed by atoms with Crippen molar-refractivity contribution in [3.63, 3.8) is 0 Å². The largest absolute Gasteiger partial charge is 0.496 e. The van der Waals surface area contributed by atoms with E-state index >= 15 is 0 Å². The molecule has 0 heterocycles. The number of benzene rings is 1. The summed E-state index contributed by atoms with van der Waals surface area (Å²) in [5.74, 6) is 1.23. The molecule has 1 radical (unpaired) electrons. The van der Waals surface area contributed by atoms with Gasteiger partial charge in [-0.1, -0.05) is 20.8 Å². The molecule has 1 aliphatic rings. The molecule has 2 rings (SSSR count). The number of carbonyl (C=O) groups is 1. The van der Waals surface area contributed by atoms with Crippen LogP contribution in [0.3, 0.4) is 0 Å². The third kappa shape index (κ3) is 4.81. The SMILES string of the molecule is COc1cc(OC)c(C(=O)OO[C]2CCC(C(C)(C)C)CC2)cc1OC. The van der Waals surface area contributed by atoms with Gasteiger partial charge in [0.1, 0.15) is 17.4 Å². The van der Waals surface area contributed by atoms with Crippen LogP contribution in [0.5, 0.6) is 17.2 Å². The van der Waals surface area contributed by atoms with Crippen molar-refractivity contribution in [1.29, 1.82) is 0 Å². The van der Waals surface area contributed by atoms with Crippen LogP contribution in [0, 0.1) is 17.4 Å². The van der Waals surface area contributed by atoms with E-state index in [9.17, 15) is 4.79 Å². The summed E-state index contributed by atoms with van der Waals surface area (Å²) in [7, 11) is 4.49. The van der Waals surface area contributed by atoms with Crippen molar-refractivity contribution in [3.8, 4) is 17.2 Å². The van der Waals surface area contributed by atoms with Crippen LogP contribution in [0.25, 0.3) is 0 Å². The summed E-state index contributed by atoms with van der Waals surface area (Å²) >= 11 is 0. The quantitative estimate of drug-likeness (QED) is 0.543. The van der Waals surface area contributed by atoms with Gasteiger partial charge in [-0.25, -0.2) is 4.79 Å². The average Bonchev–Trinajstić information content (AvgIpc) is 2.64. The third-order valence-electron chi connectivity index (χ3n) is 4.93. The van der Waals surface area contributed by atoms with Crippen molar-refractivity contribution in [2.75, 3.05) is 21.3 Å². The lowest BCUT2D eigenvalue weighted by molar-refractivity contribution is -0.241. The van der Waals surface area contributed by atoms with Gasteiger partial charge in [0.2, 0.25) is 0 Å². The number of carbonyl (C=O) groups excluding carboxylic acids is 1. The number of hydrogen-bond acceptors (Lipinski definition) is 6. The van der Waals surface area contributed by atoms with E-state index in [2.05, 4.69) is 20.8 Å². The highest BCUT2D eigenvalue weighted by atomic mass is 17.2. The monoisotopic (exact) mass is 365 g/mol. The minimum absolute atomic E-state index is 0.217. The van der Waals surface area contributed by atoms with Crippen molar-refractivity contribution >= 4 is 5.97 Å². The first-order chi connectivity index (χ1) is 12.3. The Morgan fingerprint density at radius 1 is 0.923 bits per heavy atom. The van der Waals surface area contributed by atoms with Gasteiger partial charge in [-0.3, -0.25) is 4.89 Å². The maximum absolute atomic E-state index is 12.4. The molecule has 0 aliphatic heterocycles. The molecule has 6 heteroatoms. The van der Waals surface area contributed by atoms with E-state index in [0.29, 0.717) is 23.2 Å². The Morgan fingerprint density at radius 3 is 1.96 bits per heavy atom. The Kier molecular flexibility index (Phi) is 6.75. The summed E-state index contributed by atoms with van der Waals surface area (Å²) in [5, 5.41) is 0. The molecule has 26 heavy (non-hydrogen) atoms. The second kappa shape index (κ2) is 8.62. The molecule has 1 aromatic rings. The van der Waals surface area contributed by atoms with Gasteiger partial charge in [0, 0.05) is 12.1 Å². The fourth-order valence-corrected chi connectivity index (χ4v) is 3.22. The van der Waals surface area contributed by atoms with Gasteiger partial charge in [0.25, 0.3) is 0 Å². The molecule has 1 fully saturated rings. The van der Waals surface area contributed by atoms with Crippen LogP contribution >= 0.6 is 0 Å². The van der Waals surface area contributed by atoms with Crippen molar-refractivity contribution in [1.82, 2.24) is 0 Å². The van der Waals surface area contributed by atoms with Crippen LogP contribution in [0.1, 0.15) is 56.8 Å². The van der Waals surface area contributed by atoms with E-state index in [-0.39, 0.29) is 11.0 Å². The predicted octanol–water partition coefficient (Wildman–Crippen LogP) is 4.57. The third-order valence-corrected chi connectivity index (χ3v) is 4.93. The molecular formula is C20H29O6. The Morgan fingerprint density at radius 2 is 1.46 bits per heavy atom. The van der Waals surface area contributed by atoms with Gasteiger partial charge in [-0.05, 0) is 37.0 Å². The average molecular weight is 365 g/mol. The van der Waals surface area contributed by atoms with E-state index in [4.69, 9.17) is 24.0 Å². The standard InChI is InChI=1S/C20H29O6/c1-20(2,3)13-7-9-14(10-8-13)25-26-19(21)15-11-17(23-5)18(24-6)12-16(15)22-4/h11-13H,7-10H2,1-6H3. The van der Waals surface area contributed by atoms with Gasteiger partial charge in [-0.2, -0.15) is 4.89 Å². The first kappa shape index (κ1) is 20.4. The summed E-state index contributed by atoms with van der Waals surface area (Å²) < 4.78 is 15.7. The van der Waals surface area contributed by atoms with Crippen LogP contribution in [0.2, 0.25) is 0 Å². The molecule has 1 saturated carbocycles. The minimum Gasteiger partial charge on any atom is -0.496 e. The van der Waals surface area contributed by atoms with Gasteiger partial charge < -0.3 is 14.2 Å². The van der Waals surface area contributed by atoms with Crippen LogP contribution in [0.15, 0.2) is 12.1 Å². The maximum atomic E-state index is 12.4. The summed E-state index contributed by atoms with van der Waals surface area (Å²) in [6, 6.07) is 3.10. The van der Waals surface area contributed by atoms with Gasteiger partial charge in [0.05, 0.1) is 21.3 Å². The van der Waals surface area contributed by atoms with Crippen LogP contribution < -0.4 is 14.2 Å². The van der Waals surface area contributed by atoms with Gasteiger partial charge >= 0.3 is 5.97 Å². The first-order valence-corrected chi connectivity index (χ1v) is 8.83. The molecule has 0 bridgehead atoms. The fraction of sp³-hybridized carbons (Fsp3) is 0.600. The van der Waals surface area contributed by atoms with E-state index in [0.717, 1.165) is 31.8 Å². The molecular weight excluding hydrogens is 336 g/mol. The predicted molar refractivity (Wildman–Crippen MR) is 97.3 cm³/mol. The summed E-state index contributed by atoms with van der Waals surface area (Å²) in [4.78, 5) is 22.8. The second-order valence-corrected chi connectivity index (χ2v) is 7.54. The molecule has 145 valence electrons. The highest BCUT2D eigenvalue weighted by Crippen LogP contribution is 2.41. The van der Waals surface area contributed by atoms with Crippen LogP contribution in [-0.4, -0.2) is 27.3 Å². The molecule has 1 aliphatic carbocycles. The lowest BCUT2D eigenvalue weighted by atomic mass is 9.72. The molecule has 6 nitrogen and oxygen atoms in total. The summed E-state index contributed by atoms with van der Waals surface area (Å²) in [5.41, 5.74) is 0.504. The Labute approximate surface area is 155 Å². The Bertz CT molecular complexity index is 611. The molecule has 0 aromatic heterocycles. The molecule has 0 saturated heterocycles. The normalized spacial score (nSPS) is 16.2. The fourth-order valence-electron chi connectivity index (χ4n) is 3.22. The number of rotatable bonds is 6. The van der Waals surface area contributed by atoms with E-state index in [1.165, 1.54) is 27.4 Å². The van der Waals surface area contributed by atoms with Crippen LogP contribution in [-0.2, 0) is 9.78 Å². The van der Waals surface area contributed by atoms with Crippen molar-refractivity contribution in [2.45, 2.75) is 46.5 Å². The molecule has 0 N–H and O–H groups in total.